The number of hydrogen-bond acceptors (Lipinski definition) is 14. The first kappa shape index (κ1) is 34.5. The number of rotatable bonds is 15. The molecule has 10 atom stereocenters. The zero-order chi connectivity index (χ0) is 30.9. The maximum atomic E-state index is 12.3. The lowest BCUT2D eigenvalue weighted by Crippen LogP contribution is -2.62. The number of unbranched alkanes of at least 4 members (excludes halogenated alkanes) is 1. The van der Waals surface area contributed by atoms with Crippen LogP contribution >= 0.6 is 0 Å². The lowest BCUT2D eigenvalue weighted by Gasteiger charge is -2.43. The lowest BCUT2D eigenvalue weighted by atomic mass is 9.90. The number of benzene rings is 1. The quantitative estimate of drug-likeness (QED) is 0.0778. The van der Waals surface area contributed by atoms with Gasteiger partial charge in [0.1, 0.15) is 36.6 Å². The highest BCUT2D eigenvalue weighted by molar-refractivity contribution is 5.69. The molecule has 240 valence electrons. The molecule has 0 saturated carbocycles. The molecule has 0 aliphatic carbocycles. The van der Waals surface area contributed by atoms with E-state index in [2.05, 4.69) is 5.32 Å². The van der Waals surface area contributed by atoms with E-state index < -0.39 is 66.3 Å². The summed E-state index contributed by atoms with van der Waals surface area (Å²) in [6.07, 6.45) is -8.98. The standard InChI is InChI=1S/C28H45NO13/c30-19(14-28(39)26(37)24(35)21(32)16-42-28)10-4-5-12-40-22(33)11-6-9-18(29-17-7-2-1-3-8-17)13-27(38)25(36)23(34)20(31)15-41-27/h1-3,7-8,18-21,23-26,29-32,34-39H,4-6,9-16H2/t18?,19?,20-,21-,23+,24+,25-,26-,27-,28-/m1/s1. The number of para-hydroxylation sites is 1. The molecule has 2 aliphatic heterocycles. The second-order valence-corrected chi connectivity index (χ2v) is 11.2. The highest BCUT2D eigenvalue weighted by Crippen LogP contribution is 2.31. The van der Waals surface area contributed by atoms with Gasteiger partial charge in [-0.25, -0.2) is 0 Å². The van der Waals surface area contributed by atoms with Crippen molar-refractivity contribution in [2.24, 2.45) is 0 Å². The van der Waals surface area contributed by atoms with Gasteiger partial charge in [0.05, 0.1) is 25.9 Å². The van der Waals surface area contributed by atoms with E-state index in [-0.39, 0.29) is 45.5 Å². The third-order valence-corrected chi connectivity index (χ3v) is 7.71. The van der Waals surface area contributed by atoms with Crippen LogP contribution in [0.15, 0.2) is 30.3 Å². The molecule has 0 spiro atoms. The van der Waals surface area contributed by atoms with E-state index in [4.69, 9.17) is 14.2 Å². The monoisotopic (exact) mass is 603 g/mol. The molecular weight excluding hydrogens is 558 g/mol. The van der Waals surface area contributed by atoms with Crippen molar-refractivity contribution >= 4 is 11.7 Å². The number of carbonyl (C=O) groups excluding carboxylic acids is 1. The van der Waals surface area contributed by atoms with Gasteiger partial charge in [0.2, 0.25) is 0 Å². The molecule has 0 amide bonds. The summed E-state index contributed by atoms with van der Waals surface area (Å²) in [5.74, 6) is -4.73. The molecule has 42 heavy (non-hydrogen) atoms. The summed E-state index contributed by atoms with van der Waals surface area (Å²) in [6.45, 7) is -0.629. The molecule has 2 fully saturated rings. The van der Waals surface area contributed by atoms with E-state index in [9.17, 15) is 50.8 Å². The SMILES string of the molecule is O=C(CCCC(C[C@@]1(O)OC[C@@H](O)[C@H](O)[C@H]1O)Nc1ccccc1)OCCCCC(O)C[C@@]1(O)OC[C@@H](O)[C@H](O)[C@H]1O. The summed E-state index contributed by atoms with van der Waals surface area (Å²) in [5.41, 5.74) is 0.743. The second kappa shape index (κ2) is 15.7. The van der Waals surface area contributed by atoms with E-state index in [1.54, 1.807) is 0 Å². The van der Waals surface area contributed by atoms with Crippen LogP contribution < -0.4 is 5.32 Å². The van der Waals surface area contributed by atoms with Crippen LogP contribution in [0.2, 0.25) is 0 Å². The number of carbonyl (C=O) groups is 1. The topological polar surface area (TPSA) is 239 Å². The zero-order valence-electron chi connectivity index (χ0n) is 23.4. The number of aliphatic hydroxyl groups is 9. The Morgan fingerprint density at radius 3 is 2.02 bits per heavy atom. The molecule has 14 nitrogen and oxygen atoms in total. The Morgan fingerprint density at radius 2 is 1.43 bits per heavy atom. The van der Waals surface area contributed by atoms with Gasteiger partial charge in [0.15, 0.2) is 11.6 Å². The summed E-state index contributed by atoms with van der Waals surface area (Å²) in [6, 6.07) is 8.65. The Labute approximate surface area is 244 Å². The largest absolute Gasteiger partial charge is 0.466 e. The van der Waals surface area contributed by atoms with Crippen LogP contribution in [-0.4, -0.2) is 132 Å². The first-order valence-corrected chi connectivity index (χ1v) is 14.3. The van der Waals surface area contributed by atoms with Crippen LogP contribution in [0, 0.1) is 0 Å². The minimum atomic E-state index is -2.18. The highest BCUT2D eigenvalue weighted by Gasteiger charge is 2.50. The first-order valence-electron chi connectivity index (χ1n) is 14.3. The Kier molecular flexibility index (Phi) is 12.9. The number of nitrogens with one attached hydrogen (secondary N) is 1. The minimum absolute atomic E-state index is 0.0786. The Balaban J connectivity index is 1.38. The van der Waals surface area contributed by atoms with Crippen LogP contribution in [-0.2, 0) is 19.0 Å². The van der Waals surface area contributed by atoms with Gasteiger partial charge in [0, 0.05) is 31.0 Å². The first-order chi connectivity index (χ1) is 19.8. The molecule has 10 N–H and O–H groups in total. The van der Waals surface area contributed by atoms with Gasteiger partial charge in [-0.05, 0) is 44.2 Å². The fourth-order valence-corrected chi connectivity index (χ4v) is 5.16. The fraction of sp³-hybridized carbons (Fsp3) is 0.750. The number of hydrogen-bond donors (Lipinski definition) is 10. The van der Waals surface area contributed by atoms with E-state index in [1.807, 2.05) is 30.3 Å². The molecule has 0 radical (unpaired) electrons. The Hall–Kier alpha value is -1.95. The van der Waals surface area contributed by atoms with E-state index >= 15 is 0 Å². The summed E-state index contributed by atoms with van der Waals surface area (Å²) in [5, 5.41) is 94.1. The van der Waals surface area contributed by atoms with Crippen LogP contribution in [0.5, 0.6) is 0 Å². The van der Waals surface area contributed by atoms with E-state index in [1.165, 1.54) is 0 Å². The number of aliphatic hydroxyl groups excluding tert-OH is 7. The van der Waals surface area contributed by atoms with Gasteiger partial charge in [-0.3, -0.25) is 4.79 Å². The molecule has 1 aromatic carbocycles. The van der Waals surface area contributed by atoms with E-state index in [0.29, 0.717) is 25.7 Å². The number of ether oxygens (including phenoxy) is 3. The third kappa shape index (κ3) is 9.53. The minimum Gasteiger partial charge on any atom is -0.466 e. The normalized spacial score (nSPS) is 34.9. The van der Waals surface area contributed by atoms with Gasteiger partial charge >= 0.3 is 5.97 Å². The van der Waals surface area contributed by atoms with Crippen molar-refractivity contribution in [3.8, 4) is 0 Å². The zero-order valence-corrected chi connectivity index (χ0v) is 23.4. The van der Waals surface area contributed by atoms with Crippen molar-refractivity contribution in [1.29, 1.82) is 0 Å². The van der Waals surface area contributed by atoms with Crippen molar-refractivity contribution in [3.63, 3.8) is 0 Å². The second-order valence-electron chi connectivity index (χ2n) is 11.2. The van der Waals surface area contributed by atoms with Crippen molar-refractivity contribution < 1.29 is 65.0 Å². The Bertz CT molecular complexity index is 957. The molecule has 2 aliphatic rings. The number of anilines is 1. The summed E-state index contributed by atoms with van der Waals surface area (Å²) in [7, 11) is 0. The van der Waals surface area contributed by atoms with Crippen LogP contribution in [0.1, 0.15) is 51.4 Å². The predicted molar refractivity (Wildman–Crippen MR) is 146 cm³/mol. The van der Waals surface area contributed by atoms with Gasteiger partial charge in [0.25, 0.3) is 0 Å². The third-order valence-electron chi connectivity index (χ3n) is 7.71. The average molecular weight is 604 g/mol. The average Bonchev–Trinajstić information content (AvgIpc) is 2.96. The van der Waals surface area contributed by atoms with Crippen molar-refractivity contribution in [2.45, 2.75) is 112 Å². The van der Waals surface area contributed by atoms with E-state index in [0.717, 1.165) is 5.69 Å². The maximum Gasteiger partial charge on any atom is 0.305 e. The molecule has 2 heterocycles. The molecule has 14 heteroatoms. The maximum absolute atomic E-state index is 12.3. The van der Waals surface area contributed by atoms with Gasteiger partial charge < -0.3 is 65.5 Å². The van der Waals surface area contributed by atoms with Gasteiger partial charge in [-0.1, -0.05) is 18.2 Å². The molecule has 0 aromatic heterocycles. The van der Waals surface area contributed by atoms with Gasteiger partial charge in [-0.15, -0.1) is 0 Å². The summed E-state index contributed by atoms with van der Waals surface area (Å²) >= 11 is 0. The Morgan fingerprint density at radius 1 is 0.857 bits per heavy atom. The van der Waals surface area contributed by atoms with Crippen molar-refractivity contribution in [2.75, 3.05) is 25.1 Å². The van der Waals surface area contributed by atoms with Crippen LogP contribution in [0.3, 0.4) is 0 Å². The van der Waals surface area contributed by atoms with Crippen LogP contribution in [0.4, 0.5) is 5.69 Å². The smallest absolute Gasteiger partial charge is 0.305 e. The van der Waals surface area contributed by atoms with Crippen molar-refractivity contribution in [1.82, 2.24) is 0 Å². The molecule has 2 saturated heterocycles. The van der Waals surface area contributed by atoms with Crippen LogP contribution in [0.25, 0.3) is 0 Å². The summed E-state index contributed by atoms with van der Waals surface area (Å²) < 4.78 is 15.6. The molecular formula is C28H45NO13. The molecule has 1 aromatic rings. The van der Waals surface area contributed by atoms with Crippen molar-refractivity contribution in [3.05, 3.63) is 30.3 Å². The molecule has 3 rings (SSSR count). The molecule has 2 unspecified atom stereocenters. The highest BCUT2D eigenvalue weighted by atomic mass is 16.7. The van der Waals surface area contributed by atoms with Gasteiger partial charge in [-0.2, -0.15) is 0 Å². The predicted octanol–water partition coefficient (Wildman–Crippen LogP) is -1.90. The number of esters is 1. The summed E-state index contributed by atoms with van der Waals surface area (Å²) in [4.78, 5) is 12.3. The molecule has 0 bridgehead atoms. The lowest BCUT2D eigenvalue weighted by molar-refractivity contribution is -0.329. The fourth-order valence-electron chi connectivity index (χ4n) is 5.16.